The summed E-state index contributed by atoms with van der Waals surface area (Å²) >= 11 is 5.65. The molecule has 0 aromatic heterocycles. The molecule has 0 saturated carbocycles. The predicted molar refractivity (Wildman–Crippen MR) is 61.9 cm³/mol. The zero-order valence-corrected chi connectivity index (χ0v) is 10.3. The van der Waals surface area contributed by atoms with Crippen molar-refractivity contribution in [3.05, 3.63) is 34.9 Å². The third-order valence-electron chi connectivity index (χ3n) is 2.43. The van der Waals surface area contributed by atoms with Gasteiger partial charge >= 0.3 is 6.18 Å². The van der Waals surface area contributed by atoms with Crippen molar-refractivity contribution in [2.75, 3.05) is 0 Å². The highest BCUT2D eigenvalue weighted by atomic mass is 35.5. The highest BCUT2D eigenvalue weighted by Gasteiger charge is 2.53. The van der Waals surface area contributed by atoms with Gasteiger partial charge in [-0.1, -0.05) is 23.7 Å². The van der Waals surface area contributed by atoms with E-state index in [0.29, 0.717) is 17.5 Å². The van der Waals surface area contributed by atoms with Crippen LogP contribution in [0.3, 0.4) is 0 Å². The average molecular weight is 281 g/mol. The number of hydrogen-bond acceptors (Lipinski definition) is 2. The first-order chi connectivity index (χ1) is 8.14. The van der Waals surface area contributed by atoms with Crippen LogP contribution in [0.25, 0.3) is 0 Å². The topological polar surface area (TPSA) is 55.1 Å². The van der Waals surface area contributed by atoms with Crippen LogP contribution in [0.4, 0.5) is 13.2 Å². The van der Waals surface area contributed by atoms with Crippen molar-refractivity contribution in [1.82, 2.24) is 5.32 Å². The molecular formula is C11H12ClF3N2O. The van der Waals surface area contributed by atoms with Crippen LogP contribution in [-0.4, -0.2) is 17.6 Å². The number of rotatable bonds is 3. The van der Waals surface area contributed by atoms with Crippen LogP contribution in [0.15, 0.2) is 24.3 Å². The zero-order valence-electron chi connectivity index (χ0n) is 9.51. The first-order valence-corrected chi connectivity index (χ1v) is 5.41. The van der Waals surface area contributed by atoms with Crippen molar-refractivity contribution in [2.45, 2.75) is 25.2 Å². The molecule has 18 heavy (non-hydrogen) atoms. The van der Waals surface area contributed by atoms with Gasteiger partial charge in [-0.3, -0.25) is 4.79 Å². The number of amides is 1. The third kappa shape index (κ3) is 3.36. The molecule has 1 amide bonds. The van der Waals surface area contributed by atoms with Gasteiger partial charge in [0, 0.05) is 11.6 Å². The molecule has 0 bridgehead atoms. The van der Waals surface area contributed by atoms with E-state index in [4.69, 9.17) is 17.3 Å². The smallest absolute Gasteiger partial charge is 0.350 e. The largest absolute Gasteiger partial charge is 0.415 e. The first kappa shape index (κ1) is 14.8. The lowest BCUT2D eigenvalue weighted by Crippen LogP contribution is -2.61. The Morgan fingerprint density at radius 3 is 2.28 bits per heavy atom. The van der Waals surface area contributed by atoms with E-state index in [9.17, 15) is 18.0 Å². The normalized spacial score (nSPS) is 15.0. The Morgan fingerprint density at radius 2 is 1.83 bits per heavy atom. The molecule has 7 heteroatoms. The summed E-state index contributed by atoms with van der Waals surface area (Å²) < 4.78 is 37.4. The van der Waals surface area contributed by atoms with Crippen molar-refractivity contribution < 1.29 is 18.0 Å². The van der Waals surface area contributed by atoms with E-state index in [-0.39, 0.29) is 6.54 Å². The number of nitrogens with two attached hydrogens (primary N) is 1. The minimum Gasteiger partial charge on any atom is -0.350 e. The van der Waals surface area contributed by atoms with Gasteiger partial charge in [-0.2, -0.15) is 13.2 Å². The molecular weight excluding hydrogens is 269 g/mol. The summed E-state index contributed by atoms with van der Waals surface area (Å²) in [5, 5.41) is 2.64. The van der Waals surface area contributed by atoms with Crippen LogP contribution in [0.5, 0.6) is 0 Å². The summed E-state index contributed by atoms with van der Waals surface area (Å²) in [6.07, 6.45) is -4.79. The molecule has 0 radical (unpaired) electrons. The van der Waals surface area contributed by atoms with E-state index in [1.807, 2.05) is 0 Å². The number of carbonyl (C=O) groups excluding carboxylic acids is 1. The molecule has 1 unspecified atom stereocenters. The Labute approximate surface area is 107 Å². The monoisotopic (exact) mass is 280 g/mol. The molecule has 0 aliphatic carbocycles. The van der Waals surface area contributed by atoms with Gasteiger partial charge in [0.2, 0.25) is 5.91 Å². The van der Waals surface area contributed by atoms with Crippen molar-refractivity contribution in [2.24, 2.45) is 5.73 Å². The van der Waals surface area contributed by atoms with Crippen molar-refractivity contribution in [3.63, 3.8) is 0 Å². The highest BCUT2D eigenvalue weighted by molar-refractivity contribution is 6.30. The Kier molecular flexibility index (Phi) is 4.24. The maximum Gasteiger partial charge on any atom is 0.415 e. The summed E-state index contributed by atoms with van der Waals surface area (Å²) in [5.74, 6) is -1.27. The minimum atomic E-state index is -4.79. The standard InChI is InChI=1S/C11H12ClF3N2O/c1-10(16,11(13,14)15)9(18)17-6-7-2-4-8(12)5-3-7/h2-5H,6,16H2,1H3,(H,17,18). The summed E-state index contributed by atoms with van der Waals surface area (Å²) in [7, 11) is 0. The van der Waals surface area contributed by atoms with Crippen LogP contribution in [-0.2, 0) is 11.3 Å². The van der Waals surface area contributed by atoms with Crippen LogP contribution in [0.1, 0.15) is 12.5 Å². The fraction of sp³-hybridized carbons (Fsp3) is 0.364. The zero-order chi connectivity index (χ0) is 14.0. The van der Waals surface area contributed by atoms with E-state index in [1.54, 1.807) is 24.3 Å². The summed E-state index contributed by atoms with van der Waals surface area (Å²) in [6.45, 7) is 0.586. The van der Waals surface area contributed by atoms with Gasteiger partial charge < -0.3 is 11.1 Å². The molecule has 0 spiro atoms. The average Bonchev–Trinajstić information content (AvgIpc) is 2.26. The number of hydrogen-bond donors (Lipinski definition) is 2. The van der Waals surface area contributed by atoms with Crippen LogP contribution < -0.4 is 11.1 Å². The van der Waals surface area contributed by atoms with Gasteiger partial charge in [0.15, 0.2) is 5.54 Å². The summed E-state index contributed by atoms with van der Waals surface area (Å²) in [5.41, 5.74) is 2.69. The highest BCUT2D eigenvalue weighted by Crippen LogP contribution is 2.27. The SMILES string of the molecule is CC(N)(C(=O)NCc1ccc(Cl)cc1)C(F)(F)F. The van der Waals surface area contributed by atoms with E-state index in [0.717, 1.165) is 0 Å². The summed E-state index contributed by atoms with van der Waals surface area (Å²) in [4.78, 5) is 11.4. The quantitative estimate of drug-likeness (QED) is 0.892. The second-order valence-corrected chi connectivity index (χ2v) is 4.45. The number of alkyl halides is 3. The van der Waals surface area contributed by atoms with E-state index >= 15 is 0 Å². The third-order valence-corrected chi connectivity index (χ3v) is 2.68. The van der Waals surface area contributed by atoms with Gasteiger partial charge in [0.1, 0.15) is 0 Å². The van der Waals surface area contributed by atoms with Crippen molar-refractivity contribution in [3.8, 4) is 0 Å². The van der Waals surface area contributed by atoms with Crippen molar-refractivity contribution in [1.29, 1.82) is 0 Å². The van der Waals surface area contributed by atoms with E-state index in [1.165, 1.54) is 0 Å². The minimum absolute atomic E-state index is 0.0428. The number of benzene rings is 1. The fourth-order valence-corrected chi connectivity index (χ4v) is 1.22. The molecule has 3 nitrogen and oxygen atoms in total. The molecule has 3 N–H and O–H groups in total. The Hall–Kier alpha value is -1.27. The molecule has 1 atom stereocenters. The second-order valence-electron chi connectivity index (χ2n) is 4.01. The first-order valence-electron chi connectivity index (χ1n) is 5.03. The lowest BCUT2D eigenvalue weighted by Gasteiger charge is -2.26. The lowest BCUT2D eigenvalue weighted by molar-refractivity contribution is -0.187. The van der Waals surface area contributed by atoms with Crippen LogP contribution in [0.2, 0.25) is 5.02 Å². The van der Waals surface area contributed by atoms with Crippen LogP contribution in [0, 0.1) is 0 Å². The maximum atomic E-state index is 12.5. The second kappa shape index (κ2) is 5.16. The Morgan fingerprint density at radius 1 is 1.33 bits per heavy atom. The molecule has 0 saturated heterocycles. The van der Waals surface area contributed by atoms with E-state index in [2.05, 4.69) is 5.32 Å². The van der Waals surface area contributed by atoms with Crippen LogP contribution >= 0.6 is 11.6 Å². The fourth-order valence-electron chi connectivity index (χ4n) is 1.10. The molecule has 0 heterocycles. The number of carbonyl (C=O) groups is 1. The van der Waals surface area contributed by atoms with Gasteiger partial charge in [-0.05, 0) is 24.6 Å². The molecule has 100 valence electrons. The lowest BCUT2D eigenvalue weighted by atomic mass is 10.0. The van der Waals surface area contributed by atoms with E-state index < -0.39 is 17.6 Å². The maximum absolute atomic E-state index is 12.5. The number of halogens is 4. The molecule has 1 aromatic rings. The number of nitrogens with one attached hydrogen (secondary N) is 1. The predicted octanol–water partition coefficient (Wildman–Crippen LogP) is 2.24. The van der Waals surface area contributed by atoms with Crippen molar-refractivity contribution >= 4 is 17.5 Å². The van der Waals surface area contributed by atoms with Gasteiger partial charge in [-0.15, -0.1) is 0 Å². The molecule has 0 aliphatic heterocycles. The molecule has 1 rings (SSSR count). The molecule has 0 aliphatic rings. The summed E-state index contributed by atoms with van der Waals surface area (Å²) in [6, 6.07) is 6.36. The Balaban J connectivity index is 2.64. The van der Waals surface area contributed by atoms with Gasteiger partial charge in [0.25, 0.3) is 0 Å². The van der Waals surface area contributed by atoms with Gasteiger partial charge in [0.05, 0.1) is 0 Å². The van der Waals surface area contributed by atoms with Gasteiger partial charge in [-0.25, -0.2) is 0 Å². The molecule has 1 aromatic carbocycles. The Bertz CT molecular complexity index is 429. The molecule has 0 fully saturated rings.